The molecule has 0 saturated heterocycles. The van der Waals surface area contributed by atoms with Crippen LogP contribution in [0.15, 0.2) is 72.8 Å². The molecule has 0 fully saturated rings. The van der Waals surface area contributed by atoms with Crippen LogP contribution in [0, 0.1) is 19.7 Å². The third kappa shape index (κ3) is 6.48. The molecule has 1 heterocycles. The summed E-state index contributed by atoms with van der Waals surface area (Å²) in [6, 6.07) is 19.6. The second kappa shape index (κ2) is 10.9. The molecule has 0 aliphatic heterocycles. The largest absolute Gasteiger partial charge is 0.326 e. The highest BCUT2D eigenvalue weighted by Crippen LogP contribution is 2.26. The zero-order valence-electron chi connectivity index (χ0n) is 19.2. The number of hydrogen-bond acceptors (Lipinski definition) is 5. The van der Waals surface area contributed by atoms with Crippen molar-refractivity contribution in [3.63, 3.8) is 0 Å². The molecule has 1 aromatic heterocycles. The summed E-state index contributed by atoms with van der Waals surface area (Å²) in [5.74, 6) is -0.771. The van der Waals surface area contributed by atoms with E-state index in [4.69, 9.17) is 0 Å². The average Bonchev–Trinajstić information content (AvgIpc) is 3.30. The van der Waals surface area contributed by atoms with E-state index < -0.39 is 18.0 Å². The molecule has 1 atom stereocenters. The van der Waals surface area contributed by atoms with Crippen LogP contribution in [0.4, 0.5) is 20.0 Å². The van der Waals surface area contributed by atoms with Crippen LogP contribution in [0.5, 0.6) is 0 Å². The van der Waals surface area contributed by atoms with Crippen LogP contribution in [-0.4, -0.2) is 28.2 Å². The Morgan fingerprint density at radius 3 is 2.40 bits per heavy atom. The summed E-state index contributed by atoms with van der Waals surface area (Å²) in [6.07, 6.45) is 0.288. The molecule has 3 aromatic carbocycles. The predicted molar refractivity (Wildman–Crippen MR) is 136 cm³/mol. The first kappa shape index (κ1) is 24.0. The number of benzene rings is 3. The molecule has 178 valence electrons. The van der Waals surface area contributed by atoms with E-state index in [-0.39, 0.29) is 17.4 Å². The monoisotopic (exact) mass is 489 g/mol. The van der Waals surface area contributed by atoms with Crippen LogP contribution >= 0.6 is 11.3 Å². The van der Waals surface area contributed by atoms with Crippen molar-refractivity contribution in [2.75, 3.05) is 10.6 Å². The number of halogens is 1. The van der Waals surface area contributed by atoms with Crippen molar-refractivity contribution >= 4 is 34.1 Å². The lowest BCUT2D eigenvalue weighted by Gasteiger charge is -2.19. The molecular formula is C26H24FN5O2S. The number of amides is 3. The van der Waals surface area contributed by atoms with Crippen LogP contribution in [0.2, 0.25) is 0 Å². The van der Waals surface area contributed by atoms with E-state index in [2.05, 4.69) is 26.1 Å². The number of hydrogen-bond donors (Lipinski definition) is 3. The molecule has 0 radical (unpaired) electrons. The number of urea groups is 1. The van der Waals surface area contributed by atoms with Gasteiger partial charge in [-0.25, -0.2) is 9.18 Å². The van der Waals surface area contributed by atoms with E-state index in [1.807, 2.05) is 62.4 Å². The normalized spacial score (nSPS) is 11.5. The maximum Gasteiger partial charge on any atom is 0.319 e. The van der Waals surface area contributed by atoms with Crippen molar-refractivity contribution in [1.29, 1.82) is 0 Å². The van der Waals surface area contributed by atoms with Gasteiger partial charge in [-0.3, -0.25) is 10.1 Å². The van der Waals surface area contributed by atoms with Crippen LogP contribution < -0.4 is 16.0 Å². The molecule has 9 heteroatoms. The summed E-state index contributed by atoms with van der Waals surface area (Å²) in [6.45, 7) is 3.89. The molecule has 3 amide bonds. The quantitative estimate of drug-likeness (QED) is 0.327. The van der Waals surface area contributed by atoms with Gasteiger partial charge in [0.1, 0.15) is 16.9 Å². The minimum atomic E-state index is -0.860. The summed E-state index contributed by atoms with van der Waals surface area (Å²) in [5.41, 5.74) is 4.26. The fourth-order valence-corrected chi connectivity index (χ4v) is 4.26. The van der Waals surface area contributed by atoms with Gasteiger partial charge < -0.3 is 10.6 Å². The lowest BCUT2D eigenvalue weighted by atomic mass is 10.1. The molecule has 0 saturated carbocycles. The highest BCUT2D eigenvalue weighted by molar-refractivity contribution is 7.18. The fourth-order valence-electron chi connectivity index (χ4n) is 3.50. The number of rotatable bonds is 7. The third-order valence-corrected chi connectivity index (χ3v) is 6.17. The van der Waals surface area contributed by atoms with Crippen molar-refractivity contribution in [3.8, 4) is 10.6 Å². The standard InChI is InChI=1S/C26H24FN5O2S/c1-16-8-13-21(17(2)14-16)28-25(34)29-22(15-18-6-4-3-5-7-18)23(33)30-26-32-31-24(35-26)19-9-11-20(27)12-10-19/h3-14,22H,15H2,1-2H3,(H2,28,29,34)(H,30,32,33). The minimum absolute atomic E-state index is 0.281. The number of nitrogens with one attached hydrogen (secondary N) is 3. The predicted octanol–water partition coefficient (Wildman–Crippen LogP) is 5.33. The van der Waals surface area contributed by atoms with E-state index in [0.29, 0.717) is 16.3 Å². The molecule has 0 spiro atoms. The van der Waals surface area contributed by atoms with Crippen molar-refractivity contribution < 1.29 is 14.0 Å². The van der Waals surface area contributed by atoms with Crippen molar-refractivity contribution in [2.45, 2.75) is 26.3 Å². The summed E-state index contributed by atoms with van der Waals surface area (Å²) in [5, 5.41) is 17.3. The van der Waals surface area contributed by atoms with Gasteiger partial charge in [-0.2, -0.15) is 0 Å². The first-order chi connectivity index (χ1) is 16.9. The fraction of sp³-hybridized carbons (Fsp3) is 0.154. The number of aryl methyl sites for hydroxylation is 2. The maximum absolute atomic E-state index is 13.2. The zero-order valence-corrected chi connectivity index (χ0v) is 20.0. The molecule has 4 rings (SSSR count). The topological polar surface area (TPSA) is 96.0 Å². The van der Waals surface area contributed by atoms with Crippen LogP contribution in [0.25, 0.3) is 10.6 Å². The number of aromatic nitrogens is 2. The Labute approximate surface area is 206 Å². The molecule has 0 aliphatic rings. The van der Waals surface area contributed by atoms with E-state index >= 15 is 0 Å². The molecule has 7 nitrogen and oxygen atoms in total. The smallest absolute Gasteiger partial charge is 0.319 e. The van der Waals surface area contributed by atoms with Crippen LogP contribution in [0.3, 0.4) is 0 Å². The Hall–Kier alpha value is -4.11. The van der Waals surface area contributed by atoms with E-state index in [1.54, 1.807) is 12.1 Å². The molecule has 0 bridgehead atoms. The zero-order chi connectivity index (χ0) is 24.8. The number of nitrogens with zero attached hydrogens (tertiary/aromatic N) is 2. The first-order valence-corrected chi connectivity index (χ1v) is 11.8. The van der Waals surface area contributed by atoms with E-state index in [1.165, 1.54) is 12.1 Å². The Morgan fingerprint density at radius 1 is 0.943 bits per heavy atom. The highest BCUT2D eigenvalue weighted by atomic mass is 32.1. The molecule has 1 unspecified atom stereocenters. The maximum atomic E-state index is 13.2. The number of carbonyl (C=O) groups is 2. The number of carbonyl (C=O) groups excluding carboxylic acids is 2. The lowest BCUT2D eigenvalue weighted by Crippen LogP contribution is -2.47. The van der Waals surface area contributed by atoms with Gasteiger partial charge in [-0.1, -0.05) is 59.4 Å². The molecule has 0 aliphatic carbocycles. The van der Waals surface area contributed by atoms with Gasteiger partial charge in [-0.05, 0) is 55.3 Å². The second-order valence-corrected chi connectivity index (χ2v) is 9.05. The third-order valence-electron chi connectivity index (χ3n) is 5.28. The van der Waals surface area contributed by atoms with Gasteiger partial charge in [-0.15, -0.1) is 10.2 Å². The van der Waals surface area contributed by atoms with Gasteiger partial charge in [0.15, 0.2) is 0 Å². The van der Waals surface area contributed by atoms with Crippen molar-refractivity contribution in [1.82, 2.24) is 15.5 Å². The van der Waals surface area contributed by atoms with Gasteiger partial charge >= 0.3 is 6.03 Å². The SMILES string of the molecule is Cc1ccc(NC(=O)NC(Cc2ccccc2)C(=O)Nc2nnc(-c3ccc(F)cc3)s2)c(C)c1. The summed E-state index contributed by atoms with van der Waals surface area (Å²) < 4.78 is 13.2. The summed E-state index contributed by atoms with van der Waals surface area (Å²) in [4.78, 5) is 25.9. The van der Waals surface area contributed by atoms with Crippen LogP contribution in [0.1, 0.15) is 16.7 Å². The Bertz CT molecular complexity index is 1330. The van der Waals surface area contributed by atoms with Gasteiger partial charge in [0.2, 0.25) is 11.0 Å². The van der Waals surface area contributed by atoms with E-state index in [0.717, 1.165) is 28.0 Å². The summed E-state index contributed by atoms with van der Waals surface area (Å²) >= 11 is 1.16. The highest BCUT2D eigenvalue weighted by Gasteiger charge is 2.23. The average molecular weight is 490 g/mol. The molecule has 35 heavy (non-hydrogen) atoms. The first-order valence-electron chi connectivity index (χ1n) is 11.0. The van der Waals surface area contributed by atoms with Crippen molar-refractivity contribution in [3.05, 3.63) is 95.3 Å². The minimum Gasteiger partial charge on any atom is -0.326 e. The Morgan fingerprint density at radius 2 is 1.69 bits per heavy atom. The van der Waals surface area contributed by atoms with Gasteiger partial charge in [0.25, 0.3) is 0 Å². The van der Waals surface area contributed by atoms with Gasteiger partial charge in [0, 0.05) is 17.7 Å². The lowest BCUT2D eigenvalue weighted by molar-refractivity contribution is -0.117. The molecular weight excluding hydrogens is 465 g/mol. The summed E-state index contributed by atoms with van der Waals surface area (Å²) in [7, 11) is 0. The number of anilines is 2. The van der Waals surface area contributed by atoms with E-state index in [9.17, 15) is 14.0 Å². The van der Waals surface area contributed by atoms with Crippen LogP contribution in [-0.2, 0) is 11.2 Å². The Kier molecular flexibility index (Phi) is 7.47. The van der Waals surface area contributed by atoms with Gasteiger partial charge in [0.05, 0.1) is 0 Å². The molecule has 4 aromatic rings. The second-order valence-electron chi connectivity index (χ2n) is 8.07. The molecule has 3 N–H and O–H groups in total. The van der Waals surface area contributed by atoms with Crippen molar-refractivity contribution in [2.24, 2.45) is 0 Å². The Balaban J connectivity index is 1.48.